The highest BCUT2D eigenvalue weighted by molar-refractivity contribution is 5.19. The largest absolute Gasteiger partial charge is 0.394 e. The monoisotopic (exact) mass is 296 g/mol. The first-order valence-corrected chi connectivity index (χ1v) is 7.61. The summed E-state index contributed by atoms with van der Waals surface area (Å²) in [5.41, 5.74) is 1.04. The number of piperazine rings is 1. The number of hydrogen-bond donors (Lipinski definition) is 1. The highest BCUT2D eigenvalue weighted by Crippen LogP contribution is 2.22. The Balaban J connectivity index is 1.75. The third-order valence-electron chi connectivity index (χ3n) is 4.07. The highest BCUT2D eigenvalue weighted by atomic mass is 19.1. The summed E-state index contributed by atoms with van der Waals surface area (Å²) in [7, 11) is 0. The van der Waals surface area contributed by atoms with E-state index in [4.69, 9.17) is 9.84 Å². The van der Waals surface area contributed by atoms with Crippen LogP contribution in [0.3, 0.4) is 0 Å². The molecule has 1 aromatic rings. The molecule has 1 fully saturated rings. The number of nitrogens with zero attached hydrogens (tertiary/aromatic N) is 2. The standard InChI is InChI=1S/C16H25FN2O2/c1-14(15-3-2-4-16(17)13-15)19-7-5-18(6-8-19)9-11-21-12-10-20/h2-4,13-14,20H,5-12H2,1H3. The van der Waals surface area contributed by atoms with Crippen LogP contribution in [0.2, 0.25) is 0 Å². The Morgan fingerprint density at radius 3 is 2.67 bits per heavy atom. The van der Waals surface area contributed by atoms with E-state index >= 15 is 0 Å². The molecule has 0 saturated carbocycles. The van der Waals surface area contributed by atoms with Crippen LogP contribution in [0.15, 0.2) is 24.3 Å². The first-order chi connectivity index (χ1) is 10.2. The van der Waals surface area contributed by atoms with Gasteiger partial charge in [0.1, 0.15) is 5.82 Å². The molecule has 1 aromatic carbocycles. The van der Waals surface area contributed by atoms with Gasteiger partial charge in [0.2, 0.25) is 0 Å². The second-order valence-electron chi connectivity index (χ2n) is 5.44. The molecule has 1 N–H and O–H groups in total. The molecular formula is C16H25FN2O2. The zero-order chi connectivity index (χ0) is 15.1. The molecule has 0 amide bonds. The van der Waals surface area contributed by atoms with E-state index in [1.165, 1.54) is 6.07 Å². The Bertz CT molecular complexity index is 422. The lowest BCUT2D eigenvalue weighted by molar-refractivity contribution is 0.0502. The molecule has 2 rings (SSSR count). The summed E-state index contributed by atoms with van der Waals surface area (Å²) in [5.74, 6) is -0.168. The van der Waals surface area contributed by atoms with E-state index in [1.807, 2.05) is 6.07 Å². The lowest BCUT2D eigenvalue weighted by Crippen LogP contribution is -2.47. The van der Waals surface area contributed by atoms with Crippen LogP contribution >= 0.6 is 0 Å². The van der Waals surface area contributed by atoms with Crippen LogP contribution in [0.5, 0.6) is 0 Å². The molecule has 0 spiro atoms. The van der Waals surface area contributed by atoms with Crippen molar-refractivity contribution in [1.82, 2.24) is 9.80 Å². The molecule has 1 atom stereocenters. The van der Waals surface area contributed by atoms with E-state index < -0.39 is 0 Å². The number of benzene rings is 1. The Morgan fingerprint density at radius 1 is 1.24 bits per heavy atom. The van der Waals surface area contributed by atoms with E-state index in [-0.39, 0.29) is 18.5 Å². The van der Waals surface area contributed by atoms with E-state index in [1.54, 1.807) is 12.1 Å². The number of halogens is 1. The second-order valence-corrected chi connectivity index (χ2v) is 5.44. The number of aliphatic hydroxyl groups excluding tert-OH is 1. The molecule has 5 heteroatoms. The predicted octanol–water partition coefficient (Wildman–Crippen LogP) is 1.51. The summed E-state index contributed by atoms with van der Waals surface area (Å²) in [6.45, 7) is 8.17. The van der Waals surface area contributed by atoms with Crippen LogP contribution in [0.1, 0.15) is 18.5 Å². The van der Waals surface area contributed by atoms with Crippen LogP contribution in [-0.2, 0) is 4.74 Å². The molecule has 1 heterocycles. The molecule has 1 aliphatic heterocycles. The quantitative estimate of drug-likeness (QED) is 0.774. The van der Waals surface area contributed by atoms with Gasteiger partial charge in [-0.15, -0.1) is 0 Å². The van der Waals surface area contributed by atoms with Crippen molar-refractivity contribution < 1.29 is 14.2 Å². The molecule has 21 heavy (non-hydrogen) atoms. The minimum atomic E-state index is -0.168. The van der Waals surface area contributed by atoms with E-state index in [0.29, 0.717) is 13.2 Å². The molecule has 1 aliphatic rings. The van der Waals surface area contributed by atoms with Crippen LogP contribution in [0, 0.1) is 5.82 Å². The van der Waals surface area contributed by atoms with Gasteiger partial charge in [0.15, 0.2) is 0 Å². The van der Waals surface area contributed by atoms with Crippen molar-refractivity contribution in [2.75, 3.05) is 52.5 Å². The Morgan fingerprint density at radius 2 is 2.00 bits per heavy atom. The SMILES string of the molecule is CC(c1cccc(F)c1)N1CCN(CCOCCO)CC1. The molecule has 118 valence electrons. The Hall–Kier alpha value is -1.01. The summed E-state index contributed by atoms with van der Waals surface area (Å²) >= 11 is 0. The van der Waals surface area contributed by atoms with Gasteiger partial charge < -0.3 is 9.84 Å². The molecule has 0 bridgehead atoms. The van der Waals surface area contributed by atoms with Crippen molar-refractivity contribution in [3.8, 4) is 0 Å². The van der Waals surface area contributed by atoms with Crippen molar-refractivity contribution in [2.24, 2.45) is 0 Å². The van der Waals surface area contributed by atoms with E-state index in [9.17, 15) is 4.39 Å². The Kier molecular flexibility index (Phi) is 6.57. The average Bonchev–Trinajstić information content (AvgIpc) is 2.51. The van der Waals surface area contributed by atoms with Gasteiger partial charge in [0, 0.05) is 38.8 Å². The number of rotatable bonds is 7. The predicted molar refractivity (Wildman–Crippen MR) is 80.7 cm³/mol. The van der Waals surface area contributed by atoms with Gasteiger partial charge in [-0.05, 0) is 24.6 Å². The summed E-state index contributed by atoms with van der Waals surface area (Å²) in [4.78, 5) is 4.76. The maximum Gasteiger partial charge on any atom is 0.123 e. The molecule has 4 nitrogen and oxygen atoms in total. The smallest absolute Gasteiger partial charge is 0.123 e. The van der Waals surface area contributed by atoms with Crippen LogP contribution < -0.4 is 0 Å². The molecule has 1 saturated heterocycles. The molecule has 0 aliphatic carbocycles. The van der Waals surface area contributed by atoms with Crippen molar-refractivity contribution in [3.63, 3.8) is 0 Å². The third-order valence-corrected chi connectivity index (χ3v) is 4.07. The van der Waals surface area contributed by atoms with Gasteiger partial charge in [-0.1, -0.05) is 12.1 Å². The van der Waals surface area contributed by atoms with E-state index in [2.05, 4.69) is 16.7 Å². The minimum absolute atomic E-state index is 0.0823. The maximum absolute atomic E-state index is 13.3. The lowest BCUT2D eigenvalue weighted by atomic mass is 10.1. The fourth-order valence-electron chi connectivity index (χ4n) is 2.71. The molecule has 0 aromatic heterocycles. The summed E-state index contributed by atoms with van der Waals surface area (Å²) in [5, 5.41) is 8.65. The first-order valence-electron chi connectivity index (χ1n) is 7.61. The van der Waals surface area contributed by atoms with Gasteiger partial charge in [-0.25, -0.2) is 4.39 Å². The van der Waals surface area contributed by atoms with Crippen molar-refractivity contribution in [3.05, 3.63) is 35.6 Å². The summed E-state index contributed by atoms with van der Waals surface area (Å²) in [6, 6.07) is 7.12. The topological polar surface area (TPSA) is 35.9 Å². The summed E-state index contributed by atoms with van der Waals surface area (Å²) in [6.07, 6.45) is 0. The van der Waals surface area contributed by atoms with Gasteiger partial charge in [-0.3, -0.25) is 9.80 Å². The van der Waals surface area contributed by atoms with E-state index in [0.717, 1.165) is 38.3 Å². The van der Waals surface area contributed by atoms with Crippen LogP contribution in [0.25, 0.3) is 0 Å². The number of aliphatic hydroxyl groups is 1. The Labute approximate surface area is 126 Å². The van der Waals surface area contributed by atoms with Gasteiger partial charge in [0.25, 0.3) is 0 Å². The minimum Gasteiger partial charge on any atom is -0.394 e. The van der Waals surface area contributed by atoms with Crippen molar-refractivity contribution >= 4 is 0 Å². The van der Waals surface area contributed by atoms with Gasteiger partial charge in [-0.2, -0.15) is 0 Å². The van der Waals surface area contributed by atoms with Crippen molar-refractivity contribution in [1.29, 1.82) is 0 Å². The number of hydrogen-bond acceptors (Lipinski definition) is 4. The zero-order valence-corrected chi connectivity index (χ0v) is 12.7. The summed E-state index contributed by atoms with van der Waals surface area (Å²) < 4.78 is 18.6. The molecular weight excluding hydrogens is 271 g/mol. The molecule has 0 radical (unpaired) electrons. The average molecular weight is 296 g/mol. The maximum atomic E-state index is 13.3. The second kappa shape index (κ2) is 8.44. The normalized spacial score (nSPS) is 18.8. The zero-order valence-electron chi connectivity index (χ0n) is 12.7. The third kappa shape index (κ3) is 5.04. The first kappa shape index (κ1) is 16.4. The van der Waals surface area contributed by atoms with Crippen molar-refractivity contribution in [2.45, 2.75) is 13.0 Å². The highest BCUT2D eigenvalue weighted by Gasteiger charge is 2.21. The fraction of sp³-hybridized carbons (Fsp3) is 0.625. The number of ether oxygens (including phenoxy) is 1. The van der Waals surface area contributed by atoms with Gasteiger partial charge >= 0.3 is 0 Å². The fourth-order valence-corrected chi connectivity index (χ4v) is 2.71. The van der Waals surface area contributed by atoms with Crippen LogP contribution in [0.4, 0.5) is 4.39 Å². The molecule has 1 unspecified atom stereocenters. The van der Waals surface area contributed by atoms with Crippen LogP contribution in [-0.4, -0.2) is 67.5 Å². The lowest BCUT2D eigenvalue weighted by Gasteiger charge is -2.38. The van der Waals surface area contributed by atoms with Gasteiger partial charge in [0.05, 0.1) is 19.8 Å².